The molecule has 0 bridgehead atoms. The summed E-state index contributed by atoms with van der Waals surface area (Å²) in [5, 5.41) is 0. The van der Waals surface area contributed by atoms with Crippen LogP contribution in [0.15, 0.2) is 10.7 Å². The van der Waals surface area contributed by atoms with Crippen LogP contribution in [0.2, 0.25) is 0 Å². The molecule has 0 radical (unpaired) electrons. The summed E-state index contributed by atoms with van der Waals surface area (Å²) >= 11 is 3.55. The first-order valence-electron chi connectivity index (χ1n) is 7.47. The predicted molar refractivity (Wildman–Crippen MR) is 84.5 cm³/mol. The van der Waals surface area contributed by atoms with Crippen LogP contribution in [0.25, 0.3) is 0 Å². The third kappa shape index (κ3) is 2.76. The highest BCUT2D eigenvalue weighted by atomic mass is 79.9. The van der Waals surface area contributed by atoms with Crippen molar-refractivity contribution in [1.82, 2.24) is 9.97 Å². The Labute approximate surface area is 128 Å². The fraction of sp³-hybridized carbons (Fsp3) is 0.714. The van der Waals surface area contributed by atoms with E-state index in [2.05, 4.69) is 36.2 Å². The number of nitrogens with two attached hydrogens (primary N) is 1. The summed E-state index contributed by atoms with van der Waals surface area (Å²) in [4.78, 5) is 10.9. The van der Waals surface area contributed by atoms with Crippen LogP contribution in [0.3, 0.4) is 0 Å². The van der Waals surface area contributed by atoms with Crippen LogP contribution in [-0.2, 0) is 0 Å². The van der Waals surface area contributed by atoms with Gasteiger partial charge in [-0.1, -0.05) is 19.3 Å². The third-order valence-corrected chi connectivity index (χ3v) is 5.45. The highest BCUT2D eigenvalue weighted by Crippen LogP contribution is 2.45. The van der Waals surface area contributed by atoms with Gasteiger partial charge in [-0.15, -0.1) is 0 Å². The molecule has 2 fully saturated rings. The molecule has 1 aromatic heterocycles. The van der Waals surface area contributed by atoms with E-state index in [4.69, 9.17) is 5.84 Å². The fourth-order valence-corrected chi connectivity index (χ4v) is 4.09. The van der Waals surface area contributed by atoms with Crippen molar-refractivity contribution in [2.45, 2.75) is 44.9 Å². The van der Waals surface area contributed by atoms with Crippen molar-refractivity contribution in [2.24, 2.45) is 11.3 Å². The summed E-state index contributed by atoms with van der Waals surface area (Å²) < 4.78 is 0.941. The summed E-state index contributed by atoms with van der Waals surface area (Å²) in [7, 11) is 0. The largest absolute Gasteiger partial charge is 0.355 e. The molecule has 1 saturated carbocycles. The smallest absolute Gasteiger partial charge is 0.239 e. The first-order valence-corrected chi connectivity index (χ1v) is 8.26. The van der Waals surface area contributed by atoms with Crippen molar-refractivity contribution in [2.75, 3.05) is 23.4 Å². The molecule has 0 amide bonds. The lowest BCUT2D eigenvalue weighted by molar-refractivity contribution is 0.144. The van der Waals surface area contributed by atoms with Crippen LogP contribution in [0.1, 0.15) is 44.9 Å². The summed E-state index contributed by atoms with van der Waals surface area (Å²) in [5.41, 5.74) is 3.14. The minimum Gasteiger partial charge on any atom is -0.355 e. The Morgan fingerprint density at radius 2 is 1.85 bits per heavy atom. The monoisotopic (exact) mass is 339 g/mol. The Hall–Kier alpha value is -0.880. The number of hydrogen-bond acceptors (Lipinski definition) is 5. The molecule has 3 rings (SSSR count). The molecule has 1 aromatic rings. The van der Waals surface area contributed by atoms with E-state index in [0.717, 1.165) is 23.4 Å². The molecule has 6 heteroatoms. The van der Waals surface area contributed by atoms with Gasteiger partial charge in [-0.3, -0.25) is 5.43 Å². The summed E-state index contributed by atoms with van der Waals surface area (Å²) in [5.74, 6) is 6.83. The summed E-state index contributed by atoms with van der Waals surface area (Å²) in [6.07, 6.45) is 11.4. The first-order chi connectivity index (χ1) is 9.72. The van der Waals surface area contributed by atoms with Crippen LogP contribution in [-0.4, -0.2) is 23.1 Å². The van der Waals surface area contributed by atoms with Crippen LogP contribution in [0, 0.1) is 5.41 Å². The molecule has 3 N–H and O–H groups in total. The van der Waals surface area contributed by atoms with Crippen molar-refractivity contribution < 1.29 is 0 Å². The van der Waals surface area contributed by atoms with Gasteiger partial charge >= 0.3 is 0 Å². The van der Waals surface area contributed by atoms with E-state index in [0.29, 0.717) is 11.4 Å². The average molecular weight is 340 g/mol. The van der Waals surface area contributed by atoms with Crippen LogP contribution in [0.4, 0.5) is 11.8 Å². The number of piperidine rings is 1. The van der Waals surface area contributed by atoms with Crippen molar-refractivity contribution in [3.63, 3.8) is 0 Å². The van der Waals surface area contributed by atoms with E-state index in [1.54, 1.807) is 6.20 Å². The molecule has 20 heavy (non-hydrogen) atoms. The van der Waals surface area contributed by atoms with Gasteiger partial charge in [0, 0.05) is 19.3 Å². The van der Waals surface area contributed by atoms with Crippen LogP contribution in [0.5, 0.6) is 0 Å². The van der Waals surface area contributed by atoms with E-state index >= 15 is 0 Å². The first kappa shape index (κ1) is 14.1. The van der Waals surface area contributed by atoms with Crippen molar-refractivity contribution in [1.29, 1.82) is 0 Å². The zero-order chi connectivity index (χ0) is 14.0. The number of anilines is 2. The lowest BCUT2D eigenvalue weighted by Crippen LogP contribution is -2.41. The molecular weight excluding hydrogens is 318 g/mol. The standard InChI is InChI=1S/C14H22BrN5/c15-11-10-17-13(19-16)18-12(11)20-8-6-14(7-9-20)4-2-1-3-5-14/h10H,1-9,16H2,(H,17,18,19). The van der Waals surface area contributed by atoms with Gasteiger partial charge in [0.2, 0.25) is 5.95 Å². The Morgan fingerprint density at radius 3 is 2.50 bits per heavy atom. The highest BCUT2D eigenvalue weighted by molar-refractivity contribution is 9.10. The number of nitrogen functional groups attached to an aromatic ring is 1. The fourth-order valence-electron chi connectivity index (χ4n) is 3.64. The molecule has 2 heterocycles. The maximum atomic E-state index is 5.40. The van der Waals surface area contributed by atoms with Crippen molar-refractivity contribution in [3.8, 4) is 0 Å². The molecule has 0 atom stereocenters. The number of nitrogens with one attached hydrogen (secondary N) is 1. The van der Waals surface area contributed by atoms with Gasteiger partial charge in [-0.05, 0) is 47.0 Å². The van der Waals surface area contributed by atoms with E-state index in [9.17, 15) is 0 Å². The zero-order valence-electron chi connectivity index (χ0n) is 11.7. The van der Waals surface area contributed by atoms with E-state index < -0.39 is 0 Å². The number of hydrazine groups is 1. The van der Waals surface area contributed by atoms with Crippen molar-refractivity contribution in [3.05, 3.63) is 10.7 Å². The maximum absolute atomic E-state index is 5.40. The third-order valence-electron chi connectivity index (χ3n) is 4.89. The lowest BCUT2D eigenvalue weighted by atomic mass is 9.68. The number of aromatic nitrogens is 2. The van der Waals surface area contributed by atoms with E-state index in [1.807, 2.05) is 0 Å². The minimum atomic E-state index is 0.473. The van der Waals surface area contributed by atoms with Gasteiger partial charge in [-0.2, -0.15) is 4.98 Å². The lowest BCUT2D eigenvalue weighted by Gasteiger charge is -2.44. The number of rotatable bonds is 2. The second-order valence-electron chi connectivity index (χ2n) is 6.06. The number of hydrogen-bond donors (Lipinski definition) is 2. The molecular formula is C14H22BrN5. The molecule has 1 aliphatic carbocycles. The van der Waals surface area contributed by atoms with Gasteiger partial charge in [0.1, 0.15) is 5.82 Å². The van der Waals surface area contributed by atoms with Gasteiger partial charge in [0.25, 0.3) is 0 Å². The number of nitrogens with zero attached hydrogens (tertiary/aromatic N) is 3. The number of halogens is 1. The average Bonchev–Trinajstić information content (AvgIpc) is 2.50. The van der Waals surface area contributed by atoms with E-state index in [-0.39, 0.29) is 0 Å². The molecule has 0 unspecified atom stereocenters. The molecule has 1 aliphatic heterocycles. The van der Waals surface area contributed by atoms with E-state index in [1.165, 1.54) is 44.9 Å². The molecule has 1 spiro atoms. The van der Waals surface area contributed by atoms with Gasteiger partial charge in [0.15, 0.2) is 0 Å². The normalized spacial score (nSPS) is 22.0. The second kappa shape index (κ2) is 5.85. The summed E-state index contributed by atoms with van der Waals surface area (Å²) in [6, 6.07) is 0. The van der Waals surface area contributed by atoms with Gasteiger partial charge < -0.3 is 4.90 Å². The minimum absolute atomic E-state index is 0.473. The Bertz CT molecular complexity index is 463. The highest BCUT2D eigenvalue weighted by Gasteiger charge is 2.36. The quantitative estimate of drug-likeness (QED) is 0.640. The predicted octanol–water partition coefficient (Wildman–Crippen LogP) is 3.08. The Balaban J connectivity index is 1.71. The zero-order valence-corrected chi connectivity index (χ0v) is 13.3. The van der Waals surface area contributed by atoms with Gasteiger partial charge in [-0.25, -0.2) is 10.8 Å². The Morgan fingerprint density at radius 1 is 1.15 bits per heavy atom. The Kier molecular flexibility index (Phi) is 4.12. The van der Waals surface area contributed by atoms with Crippen molar-refractivity contribution >= 4 is 27.7 Å². The molecule has 0 aromatic carbocycles. The molecule has 2 aliphatic rings. The molecule has 1 saturated heterocycles. The maximum Gasteiger partial charge on any atom is 0.239 e. The SMILES string of the molecule is NNc1ncc(Br)c(N2CCC3(CCCCC3)CC2)n1. The van der Waals surface area contributed by atoms with Gasteiger partial charge in [0.05, 0.1) is 4.47 Å². The van der Waals surface area contributed by atoms with Crippen LogP contribution >= 0.6 is 15.9 Å². The second-order valence-corrected chi connectivity index (χ2v) is 6.91. The molecule has 5 nitrogen and oxygen atoms in total. The summed E-state index contributed by atoms with van der Waals surface area (Å²) in [6.45, 7) is 2.17. The topological polar surface area (TPSA) is 67.1 Å². The van der Waals surface area contributed by atoms with Crippen LogP contribution < -0.4 is 16.2 Å². The molecule has 110 valence electrons.